The number of aromatic nitrogens is 3. The summed E-state index contributed by atoms with van der Waals surface area (Å²) in [6.07, 6.45) is 0. The summed E-state index contributed by atoms with van der Waals surface area (Å²) in [4.78, 5) is 0. The van der Waals surface area contributed by atoms with Crippen molar-refractivity contribution in [3.8, 4) is 11.4 Å². The Morgan fingerprint density at radius 2 is 1.80 bits per heavy atom. The van der Waals surface area contributed by atoms with Gasteiger partial charge in [0.1, 0.15) is 0 Å². The van der Waals surface area contributed by atoms with E-state index < -0.39 is 14.6 Å². The number of nitrogens with zero attached hydrogens (tertiary/aromatic N) is 3. The molecule has 5 nitrogen and oxygen atoms in total. The van der Waals surface area contributed by atoms with Crippen LogP contribution in [0.4, 0.5) is 0 Å². The second-order valence-electron chi connectivity index (χ2n) is 5.23. The Balaban J connectivity index is 2.81. The molecule has 0 spiro atoms. The summed E-state index contributed by atoms with van der Waals surface area (Å²) in [5, 5.41) is 7.49. The minimum atomic E-state index is -3.97. The second-order valence-corrected chi connectivity index (χ2v) is 8.54. The molecule has 0 amide bonds. The van der Waals surface area contributed by atoms with Gasteiger partial charge >= 0.3 is 0 Å². The van der Waals surface area contributed by atoms with E-state index in [1.165, 1.54) is 4.57 Å². The summed E-state index contributed by atoms with van der Waals surface area (Å²) >= 11 is 3.43. The van der Waals surface area contributed by atoms with E-state index in [0.29, 0.717) is 5.82 Å². The zero-order valence-electron chi connectivity index (χ0n) is 11.1. The maximum atomic E-state index is 11.7. The number of benzene rings is 1. The van der Waals surface area contributed by atoms with Gasteiger partial charge in [0.25, 0.3) is 14.2 Å². The smallest absolute Gasteiger partial charge is 0.291 e. The molecule has 1 aromatic heterocycles. The van der Waals surface area contributed by atoms with Gasteiger partial charge < -0.3 is 0 Å². The Kier molecular flexibility index (Phi) is 3.96. The first-order valence-corrected chi connectivity index (χ1v) is 8.88. The van der Waals surface area contributed by atoms with Gasteiger partial charge in [-0.25, -0.2) is 8.42 Å². The predicted molar refractivity (Wildman–Crippen MR) is 81.2 cm³/mol. The monoisotopic (exact) mass is 377 g/mol. The molecule has 2 rings (SSSR count). The standard InChI is InChI=1S/C12H13BrClN3O2S/c1-12(2,3)17-10(8-6-4-5-7-9(8)13)15-16-11(17)20(14,18)19/h4-7H,1-3H3. The van der Waals surface area contributed by atoms with E-state index in [0.717, 1.165) is 10.0 Å². The Labute approximate surface area is 130 Å². The minimum absolute atomic E-state index is 0.252. The minimum Gasteiger partial charge on any atom is -0.291 e. The Bertz CT molecular complexity index is 750. The molecule has 108 valence electrons. The predicted octanol–water partition coefficient (Wildman–Crippen LogP) is 3.39. The Hall–Kier alpha value is -0.920. The van der Waals surface area contributed by atoms with Crippen LogP contribution in [0.2, 0.25) is 0 Å². The van der Waals surface area contributed by atoms with Crippen LogP contribution >= 0.6 is 26.6 Å². The fourth-order valence-corrected chi connectivity index (χ4v) is 3.33. The summed E-state index contributed by atoms with van der Waals surface area (Å²) in [5.74, 6) is 0.448. The van der Waals surface area contributed by atoms with Gasteiger partial charge in [-0.15, -0.1) is 10.2 Å². The molecule has 0 N–H and O–H groups in total. The van der Waals surface area contributed by atoms with Crippen molar-refractivity contribution >= 4 is 35.7 Å². The number of hydrogen-bond acceptors (Lipinski definition) is 4. The average molecular weight is 379 g/mol. The van der Waals surface area contributed by atoms with Crippen molar-refractivity contribution in [2.24, 2.45) is 0 Å². The number of halogens is 2. The molecule has 0 aliphatic carbocycles. The third kappa shape index (κ3) is 2.89. The molecular formula is C12H13BrClN3O2S. The van der Waals surface area contributed by atoms with Crippen molar-refractivity contribution in [2.45, 2.75) is 31.5 Å². The highest BCUT2D eigenvalue weighted by Crippen LogP contribution is 2.32. The molecule has 0 saturated heterocycles. The summed E-state index contributed by atoms with van der Waals surface area (Å²) in [6.45, 7) is 5.59. The zero-order valence-corrected chi connectivity index (χ0v) is 14.3. The average Bonchev–Trinajstić information content (AvgIpc) is 2.73. The van der Waals surface area contributed by atoms with Gasteiger partial charge in [0.05, 0.1) is 0 Å². The summed E-state index contributed by atoms with van der Waals surface area (Å²) in [5.41, 5.74) is 0.215. The van der Waals surface area contributed by atoms with Gasteiger partial charge in [-0.3, -0.25) is 4.57 Å². The highest BCUT2D eigenvalue weighted by molar-refractivity contribution is 9.10. The molecule has 0 aliphatic rings. The van der Waals surface area contributed by atoms with E-state index in [9.17, 15) is 8.42 Å². The van der Waals surface area contributed by atoms with E-state index in [1.54, 1.807) is 0 Å². The topological polar surface area (TPSA) is 64.8 Å². The van der Waals surface area contributed by atoms with Crippen molar-refractivity contribution in [1.82, 2.24) is 14.8 Å². The summed E-state index contributed by atoms with van der Waals surface area (Å²) < 4.78 is 25.6. The van der Waals surface area contributed by atoms with Crippen LogP contribution in [0.1, 0.15) is 20.8 Å². The first-order chi connectivity index (χ1) is 9.12. The zero-order chi connectivity index (χ0) is 15.1. The van der Waals surface area contributed by atoms with Gasteiger partial charge in [-0.05, 0) is 26.8 Å². The molecule has 2 aromatic rings. The fourth-order valence-electron chi connectivity index (χ4n) is 1.85. The van der Waals surface area contributed by atoms with Crippen LogP contribution in [0.15, 0.2) is 33.9 Å². The number of rotatable bonds is 2. The molecule has 20 heavy (non-hydrogen) atoms. The molecule has 0 atom stereocenters. The molecule has 1 heterocycles. The molecular weight excluding hydrogens is 366 g/mol. The Morgan fingerprint density at radius 1 is 1.20 bits per heavy atom. The Morgan fingerprint density at radius 3 is 2.30 bits per heavy atom. The highest BCUT2D eigenvalue weighted by atomic mass is 79.9. The van der Waals surface area contributed by atoms with E-state index >= 15 is 0 Å². The maximum absolute atomic E-state index is 11.7. The fraction of sp³-hybridized carbons (Fsp3) is 0.333. The van der Waals surface area contributed by atoms with Crippen molar-refractivity contribution in [2.75, 3.05) is 0 Å². The third-order valence-corrected chi connectivity index (χ3v) is 4.44. The van der Waals surface area contributed by atoms with Gasteiger partial charge in [0.2, 0.25) is 0 Å². The summed E-state index contributed by atoms with van der Waals surface area (Å²) in [7, 11) is 1.48. The molecule has 0 fully saturated rings. The molecule has 0 radical (unpaired) electrons. The molecule has 0 bridgehead atoms. The molecule has 8 heteroatoms. The lowest BCUT2D eigenvalue weighted by Gasteiger charge is -2.24. The van der Waals surface area contributed by atoms with Gasteiger partial charge in [-0.2, -0.15) is 0 Å². The highest BCUT2D eigenvalue weighted by Gasteiger charge is 2.30. The lowest BCUT2D eigenvalue weighted by Crippen LogP contribution is -2.25. The van der Waals surface area contributed by atoms with Crippen LogP contribution < -0.4 is 0 Å². The van der Waals surface area contributed by atoms with Gasteiger partial charge in [0.15, 0.2) is 5.82 Å². The maximum Gasteiger partial charge on any atom is 0.296 e. The largest absolute Gasteiger partial charge is 0.296 e. The van der Waals surface area contributed by atoms with E-state index in [4.69, 9.17) is 10.7 Å². The molecule has 0 aliphatic heterocycles. The molecule has 1 aromatic carbocycles. The number of hydrogen-bond donors (Lipinski definition) is 0. The lowest BCUT2D eigenvalue weighted by atomic mass is 10.1. The van der Waals surface area contributed by atoms with Crippen LogP contribution in [-0.4, -0.2) is 23.2 Å². The van der Waals surface area contributed by atoms with E-state index in [2.05, 4.69) is 26.1 Å². The van der Waals surface area contributed by atoms with E-state index in [1.807, 2.05) is 45.0 Å². The first kappa shape index (κ1) is 15.5. The van der Waals surface area contributed by atoms with Crippen molar-refractivity contribution in [3.63, 3.8) is 0 Å². The third-order valence-electron chi connectivity index (χ3n) is 2.64. The van der Waals surface area contributed by atoms with Crippen LogP contribution in [0.3, 0.4) is 0 Å². The molecule has 0 unspecified atom stereocenters. The van der Waals surface area contributed by atoms with Crippen molar-refractivity contribution in [1.29, 1.82) is 0 Å². The van der Waals surface area contributed by atoms with E-state index in [-0.39, 0.29) is 5.16 Å². The second kappa shape index (κ2) is 5.13. The van der Waals surface area contributed by atoms with Crippen molar-refractivity contribution in [3.05, 3.63) is 28.7 Å². The van der Waals surface area contributed by atoms with Gasteiger partial charge in [0, 0.05) is 26.3 Å². The lowest BCUT2D eigenvalue weighted by molar-refractivity contribution is 0.367. The van der Waals surface area contributed by atoms with Crippen LogP contribution in [-0.2, 0) is 14.6 Å². The summed E-state index contributed by atoms with van der Waals surface area (Å²) in [6, 6.07) is 7.40. The van der Waals surface area contributed by atoms with Crippen molar-refractivity contribution < 1.29 is 8.42 Å². The van der Waals surface area contributed by atoms with Crippen LogP contribution in [0.25, 0.3) is 11.4 Å². The normalized spacial score (nSPS) is 12.7. The quantitative estimate of drug-likeness (QED) is 0.751. The first-order valence-electron chi connectivity index (χ1n) is 5.78. The SMILES string of the molecule is CC(C)(C)n1c(-c2ccccc2Br)nnc1S(=O)(=O)Cl. The molecule has 0 saturated carbocycles. The van der Waals surface area contributed by atoms with Crippen LogP contribution in [0, 0.1) is 0 Å². The van der Waals surface area contributed by atoms with Gasteiger partial charge in [-0.1, -0.05) is 34.1 Å². The van der Waals surface area contributed by atoms with Crippen LogP contribution in [0.5, 0.6) is 0 Å².